The molecule has 1 amide bonds. The Morgan fingerprint density at radius 1 is 1.00 bits per heavy atom. The molecule has 0 aromatic carbocycles. The molecule has 0 aromatic heterocycles. The van der Waals surface area contributed by atoms with Gasteiger partial charge < -0.3 is 47.9 Å². The van der Waals surface area contributed by atoms with Crippen molar-refractivity contribution in [3.8, 4) is 0 Å². The first-order valence-electron chi connectivity index (χ1n) is 21.8. The quantitative estimate of drug-likeness (QED) is 0.0790. The number of carbonyl (C=O) groups is 4. The lowest BCUT2D eigenvalue weighted by atomic mass is 9.78. The lowest BCUT2D eigenvalue weighted by Crippen LogP contribution is -2.50. The highest BCUT2D eigenvalue weighted by atomic mass is 16.6. The number of ether oxygens (including phenoxy) is 8. The molecule has 0 aliphatic carbocycles. The van der Waals surface area contributed by atoms with Crippen molar-refractivity contribution in [2.45, 2.75) is 154 Å². The Morgan fingerprint density at radius 3 is 2.26 bits per heavy atom. The van der Waals surface area contributed by atoms with Gasteiger partial charge in [0.05, 0.1) is 55.3 Å². The summed E-state index contributed by atoms with van der Waals surface area (Å²) in [6, 6.07) is 0. The fourth-order valence-corrected chi connectivity index (χ4v) is 8.79. The van der Waals surface area contributed by atoms with Crippen LogP contribution in [0, 0.1) is 29.6 Å². The van der Waals surface area contributed by atoms with E-state index in [0.717, 1.165) is 12.0 Å². The number of ketones is 1. The normalized spacial score (nSPS) is 33.0. The lowest BCUT2D eigenvalue weighted by molar-refractivity contribution is -0.159. The van der Waals surface area contributed by atoms with Crippen molar-refractivity contribution < 1.29 is 62.2 Å². The largest absolute Gasteiger partial charge is 0.461 e. The van der Waals surface area contributed by atoms with Crippen LogP contribution in [0.5, 0.6) is 0 Å². The molecular weight excluding hydrogens is 787 g/mol. The molecule has 61 heavy (non-hydrogen) atoms. The zero-order valence-corrected chi connectivity index (χ0v) is 38.7. The van der Waals surface area contributed by atoms with Crippen LogP contribution in [-0.4, -0.2) is 137 Å². The van der Waals surface area contributed by atoms with Gasteiger partial charge >= 0.3 is 11.9 Å². The van der Waals surface area contributed by atoms with Crippen molar-refractivity contribution in [3.63, 3.8) is 0 Å². The Balaban J connectivity index is 1.89. The molecule has 14 nitrogen and oxygen atoms in total. The highest BCUT2D eigenvalue weighted by molar-refractivity contribution is 5.83. The van der Waals surface area contributed by atoms with Crippen molar-refractivity contribution in [1.29, 1.82) is 0 Å². The van der Waals surface area contributed by atoms with E-state index in [9.17, 15) is 24.3 Å². The van der Waals surface area contributed by atoms with Crippen molar-refractivity contribution in [3.05, 3.63) is 48.2 Å². The third kappa shape index (κ3) is 15.2. The minimum Gasteiger partial charge on any atom is -0.461 e. The van der Waals surface area contributed by atoms with Crippen LogP contribution in [0.2, 0.25) is 0 Å². The Hall–Kier alpha value is -3.24. The van der Waals surface area contributed by atoms with Crippen LogP contribution in [0.4, 0.5) is 0 Å². The number of hydrogen-bond acceptors (Lipinski definition) is 13. The van der Waals surface area contributed by atoms with Crippen molar-refractivity contribution >= 4 is 24.1 Å². The molecule has 15 atom stereocenters. The zero-order valence-electron chi connectivity index (χ0n) is 38.7. The number of methoxy groups -OCH3 is 4. The second-order valence-corrected chi connectivity index (χ2v) is 17.4. The Morgan fingerprint density at radius 2 is 1.67 bits per heavy atom. The van der Waals surface area contributed by atoms with E-state index in [2.05, 4.69) is 12.2 Å². The maximum Gasteiger partial charge on any atom is 0.331 e. The monoisotopic (exact) mass is 862 g/mol. The molecule has 0 aromatic rings. The van der Waals surface area contributed by atoms with Crippen molar-refractivity contribution in [2.24, 2.45) is 29.6 Å². The minimum absolute atomic E-state index is 0.0943. The Kier molecular flexibility index (Phi) is 21.5. The van der Waals surface area contributed by atoms with Gasteiger partial charge in [0.2, 0.25) is 6.41 Å². The number of carbonyl (C=O) groups excluding carboxylic acids is 4. The van der Waals surface area contributed by atoms with Gasteiger partial charge in [-0.3, -0.25) is 14.4 Å². The van der Waals surface area contributed by atoms with Crippen LogP contribution in [0.15, 0.2) is 48.2 Å². The van der Waals surface area contributed by atoms with E-state index in [4.69, 9.17) is 37.9 Å². The summed E-state index contributed by atoms with van der Waals surface area (Å²) in [5, 5.41) is 11.9. The van der Waals surface area contributed by atoms with Crippen LogP contribution in [0.25, 0.3) is 0 Å². The molecule has 2 bridgehead atoms. The Labute approximate surface area is 364 Å². The summed E-state index contributed by atoms with van der Waals surface area (Å²) in [5.41, 5.74) is 0.117. The molecule has 14 heteroatoms. The number of fused-ring (bicyclic) bond motifs is 2. The average molecular weight is 862 g/mol. The SMILES string of the molecule is CO[C@H]1C/C=C(\C)C=CC(=O)O[C@H]([C@@H](C)[C@@H](O)[C@@H](C)CCC(=O)[C@H](C)[C@H](OC(C)=O)[C@H](C)/C=C/N(C)C=O)[C@@H](C)[C@H](OC)C[C@H](OC)[C@]2(CO2)[C@@H](OC)C[C@@H]2CC=C[C@@H](C1)O2. The first kappa shape index (κ1) is 52.1. The van der Waals surface area contributed by atoms with Gasteiger partial charge in [-0.2, -0.15) is 0 Å². The molecule has 1 N–H and O–H groups in total. The molecular formula is C47H75NO13. The number of aliphatic hydroxyl groups is 1. The molecule has 0 unspecified atom stereocenters. The fourth-order valence-electron chi connectivity index (χ4n) is 8.79. The first-order valence-corrected chi connectivity index (χ1v) is 21.8. The van der Waals surface area contributed by atoms with Gasteiger partial charge in [0.25, 0.3) is 0 Å². The maximum absolute atomic E-state index is 13.6. The fraction of sp³-hybridized carbons (Fsp3) is 0.745. The third-order valence-corrected chi connectivity index (χ3v) is 12.9. The topological polar surface area (TPSA) is 169 Å². The Bertz CT molecular complexity index is 1520. The number of aliphatic hydroxyl groups excluding tert-OH is 1. The molecule has 346 valence electrons. The predicted octanol–water partition coefficient (Wildman–Crippen LogP) is 5.94. The number of allylic oxidation sites excluding steroid dienone is 2. The number of amides is 1. The lowest BCUT2D eigenvalue weighted by Gasteiger charge is -2.39. The van der Waals surface area contributed by atoms with Crippen LogP contribution >= 0.6 is 0 Å². The van der Waals surface area contributed by atoms with Crippen LogP contribution in [0.3, 0.4) is 0 Å². The summed E-state index contributed by atoms with van der Waals surface area (Å²) in [6.45, 7) is 12.8. The van der Waals surface area contributed by atoms with Crippen LogP contribution < -0.4 is 0 Å². The van der Waals surface area contributed by atoms with Gasteiger partial charge in [-0.05, 0) is 32.1 Å². The summed E-state index contributed by atoms with van der Waals surface area (Å²) in [7, 11) is 8.20. The van der Waals surface area contributed by atoms with Gasteiger partial charge in [0, 0.05) is 98.1 Å². The number of esters is 2. The molecule has 3 rings (SSSR count). The van der Waals surface area contributed by atoms with E-state index in [0.29, 0.717) is 45.1 Å². The number of cyclic esters (lactones) is 1. The van der Waals surface area contributed by atoms with Gasteiger partial charge in [-0.15, -0.1) is 0 Å². The highest BCUT2D eigenvalue weighted by Gasteiger charge is 2.59. The standard InChI is InChI=1S/C47H75NO13/c1-29-16-19-36(54-9)24-37-14-13-15-38(60-37)25-41(56-11)47(27-58-47)42(57-12)26-40(55-10)33(5)46(61-43(52)21-17-29)34(6)44(53)30(2)18-20-39(51)32(4)45(59-35(7)50)31(3)22-23-48(8)28-49/h13-14,16-17,21-23,28,30-34,36-38,40-42,44-46,53H,15,18-20,24-27H2,1-12H3/b21-17?,23-22+,29-16+/t30-,31+,32-,33-,34-,36-,37-,38-,40+,41-,42-,44-,45+,46-,47-/m0/s1. The molecule has 0 saturated carbocycles. The number of nitrogens with zero attached hydrogens (tertiary/aromatic N) is 1. The zero-order chi connectivity index (χ0) is 45.4. The molecule has 0 radical (unpaired) electrons. The first-order chi connectivity index (χ1) is 28.9. The molecule has 1 fully saturated rings. The van der Waals surface area contributed by atoms with Gasteiger partial charge in [-0.25, -0.2) is 4.79 Å². The number of rotatable bonds is 17. The molecule has 3 aliphatic rings. The van der Waals surface area contributed by atoms with Gasteiger partial charge in [0.15, 0.2) is 0 Å². The minimum atomic E-state index is -0.976. The molecule has 3 aliphatic heterocycles. The number of Topliss-reactive ketones (excluding diaryl/α,β-unsaturated/α-hetero) is 1. The van der Waals surface area contributed by atoms with E-state index in [1.807, 2.05) is 40.7 Å². The second-order valence-electron chi connectivity index (χ2n) is 17.4. The molecule has 3 heterocycles. The third-order valence-electron chi connectivity index (χ3n) is 12.9. The molecule has 1 spiro atoms. The summed E-state index contributed by atoms with van der Waals surface area (Å²) in [6.07, 6.45) is 12.6. The smallest absolute Gasteiger partial charge is 0.331 e. The van der Waals surface area contributed by atoms with Crippen molar-refractivity contribution in [2.75, 3.05) is 42.1 Å². The van der Waals surface area contributed by atoms with E-state index in [1.54, 1.807) is 60.8 Å². The average Bonchev–Trinajstić information content (AvgIpc) is 4.06. The summed E-state index contributed by atoms with van der Waals surface area (Å²) in [4.78, 5) is 51.7. The summed E-state index contributed by atoms with van der Waals surface area (Å²) in [5.74, 6) is -3.60. The van der Waals surface area contributed by atoms with Crippen molar-refractivity contribution in [1.82, 2.24) is 4.90 Å². The van der Waals surface area contributed by atoms with E-state index < -0.39 is 65.8 Å². The van der Waals surface area contributed by atoms with Crippen LogP contribution in [-0.2, 0) is 57.1 Å². The van der Waals surface area contributed by atoms with E-state index in [-0.39, 0.29) is 48.5 Å². The van der Waals surface area contributed by atoms with Crippen LogP contribution in [0.1, 0.15) is 93.4 Å². The second kappa shape index (κ2) is 25.2. The summed E-state index contributed by atoms with van der Waals surface area (Å²) < 4.78 is 48.8. The number of epoxide rings is 1. The predicted molar refractivity (Wildman–Crippen MR) is 230 cm³/mol. The van der Waals surface area contributed by atoms with E-state index >= 15 is 0 Å². The van der Waals surface area contributed by atoms with Gasteiger partial charge in [-0.1, -0.05) is 70.6 Å². The van der Waals surface area contributed by atoms with Gasteiger partial charge in [0.1, 0.15) is 23.6 Å². The maximum atomic E-state index is 13.6. The number of hydrogen-bond donors (Lipinski definition) is 1. The van der Waals surface area contributed by atoms with E-state index in [1.165, 1.54) is 17.9 Å². The summed E-state index contributed by atoms with van der Waals surface area (Å²) >= 11 is 0. The molecule has 1 saturated heterocycles. The highest BCUT2D eigenvalue weighted by Crippen LogP contribution is 2.43.